The van der Waals surface area contributed by atoms with Crippen molar-refractivity contribution in [2.24, 2.45) is 0 Å². The molecule has 0 amide bonds. The maximum atomic E-state index is 5.75. The Labute approximate surface area is 81.4 Å². The van der Waals surface area contributed by atoms with E-state index in [1.165, 1.54) is 0 Å². The minimum absolute atomic E-state index is 0.396. The van der Waals surface area contributed by atoms with Crippen LogP contribution in [0.25, 0.3) is 11.0 Å². The second kappa shape index (κ2) is 3.00. The summed E-state index contributed by atoms with van der Waals surface area (Å²) < 4.78 is 2.07. The van der Waals surface area contributed by atoms with Crippen LogP contribution in [-0.4, -0.2) is 14.5 Å². The molecule has 68 valence electrons. The Morgan fingerprint density at radius 3 is 2.85 bits per heavy atom. The number of rotatable bonds is 1. The molecule has 4 heteroatoms. The number of aromatic nitrogens is 3. The van der Waals surface area contributed by atoms with Crippen LogP contribution in [0.1, 0.15) is 19.9 Å². The Bertz CT molecular complexity index is 433. The molecular formula is C9H10ClN3. The third kappa shape index (κ3) is 1.40. The predicted octanol–water partition coefficient (Wildman–Crippen LogP) is 2.67. The van der Waals surface area contributed by atoms with Gasteiger partial charge in [-0.05, 0) is 13.8 Å². The zero-order valence-corrected chi connectivity index (χ0v) is 8.28. The normalized spacial score (nSPS) is 11.4. The van der Waals surface area contributed by atoms with E-state index in [0.29, 0.717) is 11.2 Å². The van der Waals surface area contributed by atoms with Crippen molar-refractivity contribution in [2.75, 3.05) is 0 Å². The van der Waals surface area contributed by atoms with Crippen molar-refractivity contribution in [1.29, 1.82) is 0 Å². The number of hydrogen-bond acceptors (Lipinski definition) is 2. The van der Waals surface area contributed by atoms with Gasteiger partial charge < -0.3 is 4.57 Å². The number of hydrogen-bond donors (Lipinski definition) is 0. The lowest BCUT2D eigenvalue weighted by atomic mass is 10.3. The molecule has 3 nitrogen and oxygen atoms in total. The first-order valence-electron chi connectivity index (χ1n) is 4.16. The van der Waals surface area contributed by atoms with Crippen LogP contribution in [0.3, 0.4) is 0 Å². The highest BCUT2D eigenvalue weighted by atomic mass is 35.5. The van der Waals surface area contributed by atoms with Gasteiger partial charge in [0, 0.05) is 12.1 Å². The Balaban J connectivity index is 2.69. The van der Waals surface area contributed by atoms with Gasteiger partial charge in [-0.1, -0.05) is 11.6 Å². The summed E-state index contributed by atoms with van der Waals surface area (Å²) in [6.45, 7) is 4.21. The number of imidazole rings is 1. The fourth-order valence-corrected chi connectivity index (χ4v) is 1.47. The van der Waals surface area contributed by atoms with E-state index in [1.54, 1.807) is 12.3 Å². The number of fused-ring (bicyclic) bond motifs is 1. The molecule has 0 atom stereocenters. The highest BCUT2D eigenvalue weighted by Crippen LogP contribution is 2.18. The fourth-order valence-electron chi connectivity index (χ4n) is 1.31. The average molecular weight is 196 g/mol. The summed E-state index contributed by atoms with van der Waals surface area (Å²) in [5.41, 5.74) is 1.92. The summed E-state index contributed by atoms with van der Waals surface area (Å²) in [5, 5.41) is 0.488. The van der Waals surface area contributed by atoms with E-state index in [-0.39, 0.29) is 0 Å². The van der Waals surface area contributed by atoms with Gasteiger partial charge in [0.05, 0.1) is 23.6 Å². The minimum Gasteiger partial charge on any atom is -0.327 e. The van der Waals surface area contributed by atoms with Gasteiger partial charge in [0.15, 0.2) is 0 Å². The molecule has 0 N–H and O–H groups in total. The van der Waals surface area contributed by atoms with Gasteiger partial charge in [-0.25, -0.2) is 9.97 Å². The maximum absolute atomic E-state index is 5.75. The van der Waals surface area contributed by atoms with Crippen molar-refractivity contribution in [1.82, 2.24) is 14.5 Å². The summed E-state index contributed by atoms with van der Waals surface area (Å²) in [5.74, 6) is 0. The first kappa shape index (κ1) is 8.51. The molecular weight excluding hydrogens is 186 g/mol. The van der Waals surface area contributed by atoms with Gasteiger partial charge in [-0.3, -0.25) is 0 Å². The van der Waals surface area contributed by atoms with E-state index in [9.17, 15) is 0 Å². The first-order chi connectivity index (χ1) is 6.18. The Morgan fingerprint density at radius 1 is 1.38 bits per heavy atom. The Morgan fingerprint density at radius 2 is 2.15 bits per heavy atom. The van der Waals surface area contributed by atoms with E-state index in [0.717, 1.165) is 11.0 Å². The highest BCUT2D eigenvalue weighted by Gasteiger charge is 2.05. The molecule has 2 aromatic heterocycles. The van der Waals surface area contributed by atoms with Crippen LogP contribution >= 0.6 is 11.6 Å². The molecule has 2 aromatic rings. The summed E-state index contributed by atoms with van der Waals surface area (Å²) >= 11 is 5.75. The molecule has 0 aliphatic carbocycles. The predicted molar refractivity (Wildman–Crippen MR) is 52.9 cm³/mol. The standard InChI is InChI=1S/C9H10ClN3/c1-6(2)13-5-12-7-3-9(10)11-4-8(7)13/h3-6H,1-2H3. The molecule has 13 heavy (non-hydrogen) atoms. The van der Waals surface area contributed by atoms with E-state index < -0.39 is 0 Å². The molecule has 0 spiro atoms. The van der Waals surface area contributed by atoms with Crippen LogP contribution in [-0.2, 0) is 0 Å². The summed E-state index contributed by atoms with van der Waals surface area (Å²) in [6, 6.07) is 2.17. The second-order valence-corrected chi connectivity index (χ2v) is 3.63. The zero-order valence-electron chi connectivity index (χ0n) is 7.53. The number of nitrogens with zero attached hydrogens (tertiary/aromatic N) is 3. The maximum Gasteiger partial charge on any atom is 0.131 e. The fraction of sp³-hybridized carbons (Fsp3) is 0.333. The average Bonchev–Trinajstić information content (AvgIpc) is 2.46. The van der Waals surface area contributed by atoms with Gasteiger partial charge >= 0.3 is 0 Å². The van der Waals surface area contributed by atoms with Crippen molar-refractivity contribution < 1.29 is 0 Å². The molecule has 0 bridgehead atoms. The number of pyridine rings is 1. The Hall–Kier alpha value is -1.09. The van der Waals surface area contributed by atoms with Crippen LogP contribution in [0.4, 0.5) is 0 Å². The highest BCUT2D eigenvalue weighted by molar-refractivity contribution is 6.29. The lowest BCUT2D eigenvalue weighted by molar-refractivity contribution is 0.617. The Kier molecular flexibility index (Phi) is 1.96. The van der Waals surface area contributed by atoms with E-state index in [4.69, 9.17) is 11.6 Å². The van der Waals surface area contributed by atoms with Crippen molar-refractivity contribution >= 4 is 22.6 Å². The molecule has 0 unspecified atom stereocenters. The molecule has 0 fully saturated rings. The van der Waals surface area contributed by atoms with Crippen LogP contribution in [0.15, 0.2) is 18.6 Å². The van der Waals surface area contributed by atoms with Crippen molar-refractivity contribution in [3.05, 3.63) is 23.7 Å². The minimum atomic E-state index is 0.396. The smallest absolute Gasteiger partial charge is 0.131 e. The molecule has 0 saturated carbocycles. The third-order valence-corrected chi connectivity index (χ3v) is 2.19. The molecule has 2 rings (SSSR count). The van der Waals surface area contributed by atoms with Crippen LogP contribution in [0.2, 0.25) is 5.15 Å². The first-order valence-corrected chi connectivity index (χ1v) is 4.54. The summed E-state index contributed by atoms with van der Waals surface area (Å²) in [7, 11) is 0. The van der Waals surface area contributed by atoms with Crippen LogP contribution in [0, 0.1) is 0 Å². The van der Waals surface area contributed by atoms with Gasteiger partial charge in [0.1, 0.15) is 5.15 Å². The molecule has 0 aliphatic rings. The monoisotopic (exact) mass is 195 g/mol. The summed E-state index contributed by atoms with van der Waals surface area (Å²) in [4.78, 5) is 8.27. The van der Waals surface area contributed by atoms with E-state index in [1.807, 2.05) is 6.33 Å². The van der Waals surface area contributed by atoms with Crippen LogP contribution in [0.5, 0.6) is 0 Å². The SMILES string of the molecule is CC(C)n1cnc2cc(Cl)ncc21. The third-order valence-electron chi connectivity index (χ3n) is 1.98. The van der Waals surface area contributed by atoms with Gasteiger partial charge in [0.25, 0.3) is 0 Å². The van der Waals surface area contributed by atoms with Crippen molar-refractivity contribution in [3.8, 4) is 0 Å². The molecule has 0 aliphatic heterocycles. The van der Waals surface area contributed by atoms with E-state index in [2.05, 4.69) is 28.4 Å². The lowest BCUT2D eigenvalue weighted by Crippen LogP contribution is -1.98. The van der Waals surface area contributed by atoms with Crippen molar-refractivity contribution in [3.63, 3.8) is 0 Å². The van der Waals surface area contributed by atoms with Gasteiger partial charge in [-0.2, -0.15) is 0 Å². The largest absolute Gasteiger partial charge is 0.327 e. The van der Waals surface area contributed by atoms with E-state index >= 15 is 0 Å². The molecule has 0 radical (unpaired) electrons. The summed E-state index contributed by atoms with van der Waals surface area (Å²) in [6.07, 6.45) is 3.57. The van der Waals surface area contributed by atoms with Gasteiger partial charge in [-0.15, -0.1) is 0 Å². The van der Waals surface area contributed by atoms with Crippen molar-refractivity contribution in [2.45, 2.75) is 19.9 Å². The zero-order chi connectivity index (χ0) is 9.42. The topological polar surface area (TPSA) is 30.7 Å². The molecule has 0 aromatic carbocycles. The molecule has 0 saturated heterocycles. The van der Waals surface area contributed by atoms with Crippen LogP contribution < -0.4 is 0 Å². The molecule has 2 heterocycles. The van der Waals surface area contributed by atoms with Gasteiger partial charge in [0.2, 0.25) is 0 Å². The lowest BCUT2D eigenvalue weighted by Gasteiger charge is -2.06. The quantitative estimate of drug-likeness (QED) is 0.655. The number of halogens is 1. The second-order valence-electron chi connectivity index (χ2n) is 3.24.